The molecule has 6 fully saturated rings. The lowest BCUT2D eigenvalue weighted by Crippen LogP contribution is -2.67. The first-order valence-corrected chi connectivity index (χ1v) is 14.1. The Labute approximate surface area is 206 Å². The highest BCUT2D eigenvalue weighted by Crippen LogP contribution is 2.80. The smallest absolute Gasteiger partial charge is 0.175 e. The van der Waals surface area contributed by atoms with Crippen molar-refractivity contribution in [3.63, 3.8) is 0 Å². The number of ether oxygens (including phenoxy) is 2. The van der Waals surface area contributed by atoms with Gasteiger partial charge in [-0.15, -0.1) is 0 Å². The van der Waals surface area contributed by atoms with Crippen LogP contribution in [0.1, 0.15) is 99.8 Å². The average Bonchev–Trinajstić information content (AvgIpc) is 3.22. The van der Waals surface area contributed by atoms with Crippen LogP contribution >= 0.6 is 0 Å². The summed E-state index contributed by atoms with van der Waals surface area (Å²) in [5.74, 6) is 1.09. The summed E-state index contributed by atoms with van der Waals surface area (Å²) in [7, 11) is 0. The molecule has 11 atom stereocenters. The summed E-state index contributed by atoms with van der Waals surface area (Å²) >= 11 is 0. The summed E-state index contributed by atoms with van der Waals surface area (Å²) < 4.78 is 13.6. The molecule has 6 rings (SSSR count). The molecule has 192 valence electrons. The highest BCUT2D eigenvalue weighted by atomic mass is 16.7. The molecule has 4 aliphatic carbocycles. The van der Waals surface area contributed by atoms with Crippen molar-refractivity contribution in [2.75, 3.05) is 6.61 Å². The van der Waals surface area contributed by atoms with E-state index in [9.17, 15) is 10.2 Å². The Balaban J connectivity index is 1.41. The number of aliphatic hydroxyl groups is 2. The molecule has 2 N–H and O–H groups in total. The molecular weight excluding hydrogens is 424 g/mol. The lowest BCUT2D eigenvalue weighted by atomic mass is 9.35. The van der Waals surface area contributed by atoms with Gasteiger partial charge in [0.2, 0.25) is 0 Å². The molecule has 2 bridgehead atoms. The zero-order valence-electron chi connectivity index (χ0n) is 22.6. The van der Waals surface area contributed by atoms with Crippen LogP contribution in [0.3, 0.4) is 0 Å². The monoisotopic (exact) mass is 472 g/mol. The number of hydrogen-bond donors (Lipinski definition) is 2. The first kappa shape index (κ1) is 23.9. The second-order valence-electron chi connectivity index (χ2n) is 15.0. The molecule has 2 saturated heterocycles. The van der Waals surface area contributed by atoms with Crippen molar-refractivity contribution < 1.29 is 19.7 Å². The highest BCUT2D eigenvalue weighted by Gasteiger charge is 2.80. The van der Waals surface area contributed by atoms with Gasteiger partial charge in [-0.2, -0.15) is 0 Å². The molecule has 4 nitrogen and oxygen atoms in total. The van der Waals surface area contributed by atoms with Gasteiger partial charge in [-0.3, -0.25) is 0 Å². The molecule has 34 heavy (non-hydrogen) atoms. The van der Waals surface area contributed by atoms with Crippen LogP contribution in [0.5, 0.6) is 0 Å². The summed E-state index contributed by atoms with van der Waals surface area (Å²) in [6, 6.07) is 0. The predicted molar refractivity (Wildman–Crippen MR) is 133 cm³/mol. The van der Waals surface area contributed by atoms with Gasteiger partial charge in [-0.1, -0.05) is 39.3 Å². The van der Waals surface area contributed by atoms with Crippen LogP contribution in [0.4, 0.5) is 0 Å². The molecule has 2 spiro atoms. The van der Waals surface area contributed by atoms with E-state index in [1.165, 1.54) is 31.3 Å². The largest absolute Gasteiger partial charge is 0.393 e. The van der Waals surface area contributed by atoms with Crippen molar-refractivity contribution in [3.05, 3.63) is 11.6 Å². The average molecular weight is 473 g/mol. The first-order valence-electron chi connectivity index (χ1n) is 14.1. The van der Waals surface area contributed by atoms with Gasteiger partial charge < -0.3 is 19.7 Å². The summed E-state index contributed by atoms with van der Waals surface area (Å²) in [5.41, 5.74) is 0.962. The highest BCUT2D eigenvalue weighted by molar-refractivity contribution is 5.26. The fourth-order valence-electron chi connectivity index (χ4n) is 11.6. The SMILES string of the molecule is CC(C)=C[C@@H]1C[C@](C)(O)[C@@H]2[C@H]3CC[C@@H]4[C@@]5(C)CC[C@@H](O)C(C)(C)[C@@H]5CC[C@@]4(C)[C@@]34CO[C@]2(C4)O1. The molecule has 6 aliphatic rings. The van der Waals surface area contributed by atoms with Crippen molar-refractivity contribution in [2.45, 2.75) is 123 Å². The van der Waals surface area contributed by atoms with E-state index in [1.54, 1.807) is 0 Å². The van der Waals surface area contributed by atoms with Crippen LogP contribution in [0, 0.1) is 45.3 Å². The molecule has 2 heterocycles. The summed E-state index contributed by atoms with van der Waals surface area (Å²) in [6.45, 7) is 16.9. The van der Waals surface area contributed by atoms with Crippen LogP contribution in [0.2, 0.25) is 0 Å². The van der Waals surface area contributed by atoms with E-state index in [-0.39, 0.29) is 39.8 Å². The first-order chi connectivity index (χ1) is 15.7. The Hall–Kier alpha value is -0.420. The minimum Gasteiger partial charge on any atom is -0.393 e. The van der Waals surface area contributed by atoms with Gasteiger partial charge in [0.1, 0.15) is 0 Å². The fraction of sp³-hybridized carbons (Fsp3) is 0.933. The Morgan fingerprint density at radius 3 is 2.38 bits per heavy atom. The third kappa shape index (κ3) is 2.70. The lowest BCUT2D eigenvalue weighted by molar-refractivity contribution is -0.340. The lowest BCUT2D eigenvalue weighted by Gasteiger charge is -2.70. The fourth-order valence-corrected chi connectivity index (χ4v) is 11.6. The van der Waals surface area contributed by atoms with Gasteiger partial charge in [0.05, 0.1) is 24.4 Å². The second-order valence-corrected chi connectivity index (χ2v) is 15.0. The van der Waals surface area contributed by atoms with E-state index < -0.39 is 11.4 Å². The number of rotatable bonds is 1. The Bertz CT molecular complexity index is 903. The van der Waals surface area contributed by atoms with E-state index >= 15 is 0 Å². The molecule has 4 heteroatoms. The van der Waals surface area contributed by atoms with Crippen molar-refractivity contribution in [3.8, 4) is 0 Å². The zero-order valence-corrected chi connectivity index (χ0v) is 22.6. The van der Waals surface area contributed by atoms with Gasteiger partial charge >= 0.3 is 0 Å². The Morgan fingerprint density at radius 2 is 1.68 bits per heavy atom. The van der Waals surface area contributed by atoms with E-state index in [4.69, 9.17) is 9.47 Å². The summed E-state index contributed by atoms with van der Waals surface area (Å²) in [6.07, 6.45) is 10.4. The molecule has 0 radical (unpaired) electrons. The van der Waals surface area contributed by atoms with Crippen molar-refractivity contribution >= 4 is 0 Å². The van der Waals surface area contributed by atoms with E-state index in [1.807, 2.05) is 0 Å². The van der Waals surface area contributed by atoms with E-state index in [2.05, 4.69) is 54.5 Å². The minimum absolute atomic E-state index is 0.0236. The minimum atomic E-state index is -0.775. The summed E-state index contributed by atoms with van der Waals surface area (Å²) in [5, 5.41) is 22.8. The third-order valence-corrected chi connectivity index (χ3v) is 12.8. The van der Waals surface area contributed by atoms with Gasteiger partial charge in [0, 0.05) is 24.2 Å². The molecule has 2 aliphatic heterocycles. The van der Waals surface area contributed by atoms with Crippen LogP contribution in [-0.4, -0.2) is 40.4 Å². The molecule has 0 amide bonds. The predicted octanol–water partition coefficient (Wildman–Crippen LogP) is 5.86. The van der Waals surface area contributed by atoms with Crippen molar-refractivity contribution in [2.24, 2.45) is 45.3 Å². The van der Waals surface area contributed by atoms with Crippen LogP contribution in [-0.2, 0) is 9.47 Å². The standard InChI is InChI=1S/C30H48O4/c1-18(2)14-19-15-28(7,32)24-20-8-9-22-26(5)12-11-23(31)25(3,4)21(26)10-13-27(22,6)29(20)16-30(24,34-19)33-17-29/h14,19-24,31-32H,8-13,15-17H2,1-7H3/t19-,20-,21+,22-,23-,24+,26+,27-,28+,29+,30-/m1/s1. The Kier molecular flexibility index (Phi) is 4.87. The number of aliphatic hydroxyl groups excluding tert-OH is 1. The topological polar surface area (TPSA) is 58.9 Å². The maximum Gasteiger partial charge on any atom is 0.175 e. The third-order valence-electron chi connectivity index (χ3n) is 12.8. The van der Waals surface area contributed by atoms with Crippen LogP contribution < -0.4 is 0 Å². The van der Waals surface area contributed by atoms with Crippen LogP contribution in [0.15, 0.2) is 11.6 Å². The molecule has 4 saturated carbocycles. The number of allylic oxidation sites excluding steroid dienone is 1. The van der Waals surface area contributed by atoms with Crippen LogP contribution in [0.25, 0.3) is 0 Å². The Morgan fingerprint density at radius 1 is 0.941 bits per heavy atom. The van der Waals surface area contributed by atoms with Crippen molar-refractivity contribution in [1.29, 1.82) is 0 Å². The zero-order chi connectivity index (χ0) is 24.5. The molecule has 0 aromatic rings. The van der Waals surface area contributed by atoms with Gasteiger partial charge in [-0.25, -0.2) is 0 Å². The second kappa shape index (κ2) is 6.91. The van der Waals surface area contributed by atoms with Gasteiger partial charge in [0.25, 0.3) is 0 Å². The normalized spacial score (nSPS) is 59.4. The molecule has 0 unspecified atom stereocenters. The quantitative estimate of drug-likeness (QED) is 0.470. The molecule has 0 aromatic carbocycles. The summed E-state index contributed by atoms with van der Waals surface area (Å²) in [4.78, 5) is 0. The maximum absolute atomic E-state index is 11.9. The number of hydrogen-bond acceptors (Lipinski definition) is 4. The maximum atomic E-state index is 11.9. The number of fused-ring (bicyclic) bond motifs is 4. The van der Waals surface area contributed by atoms with Gasteiger partial charge in [0.15, 0.2) is 5.79 Å². The van der Waals surface area contributed by atoms with Gasteiger partial charge in [-0.05, 0) is 93.3 Å². The van der Waals surface area contributed by atoms with E-state index in [0.717, 1.165) is 25.9 Å². The van der Waals surface area contributed by atoms with Crippen molar-refractivity contribution in [1.82, 2.24) is 0 Å². The molecular formula is C30H48O4. The molecule has 0 aromatic heterocycles. The van der Waals surface area contributed by atoms with E-state index in [0.29, 0.717) is 24.2 Å².